The van der Waals surface area contributed by atoms with Crippen molar-refractivity contribution in [3.8, 4) is 11.3 Å². The van der Waals surface area contributed by atoms with Crippen molar-refractivity contribution in [2.24, 2.45) is 7.05 Å². The molecule has 4 heterocycles. The number of amides is 2. The molecule has 0 unspecified atom stereocenters. The van der Waals surface area contributed by atoms with E-state index < -0.39 is 6.09 Å². The first-order chi connectivity index (χ1) is 17.8. The maximum absolute atomic E-state index is 12.8. The van der Waals surface area contributed by atoms with E-state index in [1.165, 1.54) is 0 Å². The van der Waals surface area contributed by atoms with Crippen molar-refractivity contribution in [2.75, 3.05) is 30.3 Å². The molecule has 192 valence electrons. The van der Waals surface area contributed by atoms with Crippen LogP contribution in [0.3, 0.4) is 0 Å². The van der Waals surface area contributed by atoms with Gasteiger partial charge in [-0.1, -0.05) is 12.1 Å². The number of carbonyl (C=O) groups is 2. The van der Waals surface area contributed by atoms with E-state index in [2.05, 4.69) is 31.0 Å². The molecule has 5 N–H and O–H groups in total. The molecule has 1 fully saturated rings. The molecule has 2 amide bonds. The molecule has 4 aromatic rings. The highest BCUT2D eigenvalue weighted by Gasteiger charge is 2.25. The van der Waals surface area contributed by atoms with E-state index >= 15 is 0 Å². The Morgan fingerprint density at radius 2 is 2.11 bits per heavy atom. The van der Waals surface area contributed by atoms with Crippen LogP contribution in [-0.2, 0) is 11.8 Å². The van der Waals surface area contributed by atoms with E-state index in [1.54, 1.807) is 10.9 Å². The van der Waals surface area contributed by atoms with Crippen LogP contribution in [0.1, 0.15) is 17.7 Å². The molecule has 1 aliphatic rings. The predicted octanol–water partition coefficient (Wildman–Crippen LogP) is 3.00. The lowest BCUT2D eigenvalue weighted by Crippen LogP contribution is -2.38. The summed E-state index contributed by atoms with van der Waals surface area (Å²) >= 11 is 0. The summed E-state index contributed by atoms with van der Waals surface area (Å²) in [5.74, 6) is 0.954. The van der Waals surface area contributed by atoms with Crippen LogP contribution >= 0.6 is 0 Å². The van der Waals surface area contributed by atoms with Gasteiger partial charge in [-0.25, -0.2) is 14.8 Å². The van der Waals surface area contributed by atoms with Gasteiger partial charge >= 0.3 is 6.09 Å². The van der Waals surface area contributed by atoms with Gasteiger partial charge in [-0.15, -0.1) is 0 Å². The smallest absolute Gasteiger partial charge is 0.404 e. The Kier molecular flexibility index (Phi) is 6.49. The predicted molar refractivity (Wildman–Crippen MR) is 140 cm³/mol. The molecule has 1 saturated heterocycles. The molecule has 1 aromatic carbocycles. The molecule has 0 radical (unpaired) electrons. The summed E-state index contributed by atoms with van der Waals surface area (Å²) in [5, 5.41) is 22.9. The Morgan fingerprint density at radius 3 is 2.86 bits per heavy atom. The van der Waals surface area contributed by atoms with Crippen molar-refractivity contribution in [1.29, 1.82) is 0 Å². The summed E-state index contributed by atoms with van der Waals surface area (Å²) in [6.07, 6.45) is 3.30. The van der Waals surface area contributed by atoms with Gasteiger partial charge in [0.15, 0.2) is 5.82 Å². The highest BCUT2D eigenvalue weighted by Crippen LogP contribution is 2.33. The lowest BCUT2D eigenvalue weighted by atomic mass is 10.1. The van der Waals surface area contributed by atoms with Gasteiger partial charge in [-0.2, -0.15) is 5.10 Å². The fourth-order valence-electron chi connectivity index (χ4n) is 4.63. The van der Waals surface area contributed by atoms with Crippen LogP contribution in [0, 0.1) is 13.8 Å². The van der Waals surface area contributed by atoms with E-state index in [0.29, 0.717) is 37.0 Å². The van der Waals surface area contributed by atoms with Gasteiger partial charge < -0.3 is 26.0 Å². The lowest BCUT2D eigenvalue weighted by Gasteiger charge is -2.16. The number of aromatic nitrogens is 5. The minimum absolute atomic E-state index is 0.156. The molecule has 5 rings (SSSR count). The van der Waals surface area contributed by atoms with E-state index in [0.717, 1.165) is 33.4 Å². The molecule has 1 atom stereocenters. The minimum atomic E-state index is -1.04. The molecule has 37 heavy (non-hydrogen) atoms. The first kappa shape index (κ1) is 24.3. The molecule has 1 aliphatic heterocycles. The minimum Gasteiger partial charge on any atom is -0.465 e. The number of H-pyrrole nitrogens is 1. The van der Waals surface area contributed by atoms with Gasteiger partial charge in [0.2, 0.25) is 11.9 Å². The average molecular weight is 504 g/mol. The van der Waals surface area contributed by atoms with Crippen molar-refractivity contribution in [2.45, 2.75) is 26.3 Å². The summed E-state index contributed by atoms with van der Waals surface area (Å²) in [6.45, 7) is 5.29. The number of nitrogens with zero attached hydrogens (tertiary/aromatic N) is 5. The number of hydrogen-bond donors (Lipinski definition) is 5. The van der Waals surface area contributed by atoms with Crippen LogP contribution < -0.4 is 16.0 Å². The highest BCUT2D eigenvalue weighted by atomic mass is 16.4. The number of hydrogen-bond acceptors (Lipinski definition) is 7. The number of nitrogens with one attached hydrogen (secondary N) is 4. The fourth-order valence-corrected chi connectivity index (χ4v) is 4.63. The van der Waals surface area contributed by atoms with Crippen molar-refractivity contribution >= 4 is 40.4 Å². The van der Waals surface area contributed by atoms with Crippen molar-refractivity contribution in [3.63, 3.8) is 0 Å². The maximum atomic E-state index is 12.8. The third kappa shape index (κ3) is 5.23. The Hall–Kier alpha value is -4.45. The summed E-state index contributed by atoms with van der Waals surface area (Å²) < 4.78 is 1.78. The topological polar surface area (TPSA) is 153 Å². The Balaban J connectivity index is 1.34. The average Bonchev–Trinajstić information content (AvgIpc) is 3.54. The molecule has 0 saturated carbocycles. The lowest BCUT2D eigenvalue weighted by molar-refractivity contribution is -0.117. The first-order valence-electron chi connectivity index (χ1n) is 12.0. The zero-order valence-corrected chi connectivity index (χ0v) is 20.9. The zero-order chi connectivity index (χ0) is 26.1. The van der Waals surface area contributed by atoms with E-state index in [-0.39, 0.29) is 18.5 Å². The maximum Gasteiger partial charge on any atom is 0.404 e. The fraction of sp³-hybridized carbons (Fsp3) is 0.320. The van der Waals surface area contributed by atoms with Crippen LogP contribution in [-0.4, -0.2) is 72.4 Å². The van der Waals surface area contributed by atoms with Gasteiger partial charge in [-0.05, 0) is 31.9 Å². The number of anilines is 3. The van der Waals surface area contributed by atoms with Crippen LogP contribution in [0.15, 0.2) is 36.7 Å². The normalized spacial score (nSPS) is 15.7. The molecule has 0 bridgehead atoms. The third-order valence-electron chi connectivity index (χ3n) is 6.54. The first-order valence-corrected chi connectivity index (χ1v) is 12.0. The molecule has 12 heteroatoms. The number of rotatable bonds is 7. The second-order valence-electron chi connectivity index (χ2n) is 9.29. The number of aryl methyl sites for hydroxylation is 3. The number of likely N-dealkylation sites (tertiary alicyclic amines) is 1. The molecule has 3 aromatic heterocycles. The summed E-state index contributed by atoms with van der Waals surface area (Å²) in [6, 6.07) is 7.49. The molecule has 12 nitrogen and oxygen atoms in total. The second kappa shape index (κ2) is 9.90. The third-order valence-corrected chi connectivity index (χ3v) is 6.54. The standard InChI is InChI=1S/C25H29N9O3/c1-14-10-27-24(30-20-9-15(2)33(3)32-20)31-22(14)18-11-26-23-17(18)5-4-6-19(23)29-21(35)13-34-8-7-16(12-34)28-25(36)37/h4-6,9-11,16,26,28H,7-8,12-13H2,1-3H3,(H,29,35)(H,36,37)(H,27,30,31,32)/t16-/m0/s1. The van der Waals surface area contributed by atoms with Gasteiger partial charge in [0, 0.05) is 61.3 Å². The number of fused-ring (bicyclic) bond motifs is 1. The number of carboxylic acid groups (broad SMARTS) is 1. The summed E-state index contributed by atoms with van der Waals surface area (Å²) in [7, 11) is 1.88. The van der Waals surface area contributed by atoms with Gasteiger partial charge in [0.25, 0.3) is 0 Å². The number of carbonyl (C=O) groups excluding carboxylic acids is 1. The van der Waals surface area contributed by atoms with Gasteiger partial charge in [0.1, 0.15) is 0 Å². The molecule has 0 spiro atoms. The SMILES string of the molecule is Cc1cnc(Nc2cc(C)n(C)n2)nc1-c1c[nH]c2c(NC(=O)CN3CC[C@H](NC(=O)O)C3)cccc12. The van der Waals surface area contributed by atoms with Crippen LogP contribution in [0.4, 0.5) is 22.2 Å². The second-order valence-corrected chi connectivity index (χ2v) is 9.29. The summed E-state index contributed by atoms with van der Waals surface area (Å²) in [4.78, 5) is 38.0. The molecular formula is C25H29N9O3. The van der Waals surface area contributed by atoms with Gasteiger partial charge in [-0.3, -0.25) is 14.4 Å². The number of para-hydroxylation sites is 1. The van der Waals surface area contributed by atoms with Crippen LogP contribution in [0.2, 0.25) is 0 Å². The molecule has 0 aliphatic carbocycles. The Bertz CT molecular complexity index is 1460. The van der Waals surface area contributed by atoms with E-state index in [1.807, 2.05) is 56.3 Å². The number of benzene rings is 1. The zero-order valence-electron chi connectivity index (χ0n) is 20.9. The summed E-state index contributed by atoms with van der Waals surface area (Å²) in [5.41, 5.74) is 5.06. The monoisotopic (exact) mass is 503 g/mol. The van der Waals surface area contributed by atoms with E-state index in [9.17, 15) is 9.59 Å². The van der Waals surface area contributed by atoms with Crippen molar-refractivity contribution in [1.82, 2.24) is 34.9 Å². The van der Waals surface area contributed by atoms with E-state index in [4.69, 9.17) is 10.1 Å². The Morgan fingerprint density at radius 1 is 1.27 bits per heavy atom. The quantitative estimate of drug-likeness (QED) is 0.258. The van der Waals surface area contributed by atoms with Crippen molar-refractivity contribution in [3.05, 3.63) is 47.9 Å². The van der Waals surface area contributed by atoms with Crippen molar-refractivity contribution < 1.29 is 14.7 Å². The number of aromatic amines is 1. The highest BCUT2D eigenvalue weighted by molar-refractivity contribution is 6.06. The Labute approximate surface area is 213 Å². The van der Waals surface area contributed by atoms with Gasteiger partial charge in [0.05, 0.1) is 23.4 Å². The van der Waals surface area contributed by atoms with Crippen LogP contribution in [0.5, 0.6) is 0 Å². The largest absolute Gasteiger partial charge is 0.465 e. The molecular weight excluding hydrogens is 474 g/mol. The van der Waals surface area contributed by atoms with Crippen LogP contribution in [0.25, 0.3) is 22.2 Å².